The van der Waals surface area contributed by atoms with Gasteiger partial charge in [0.15, 0.2) is 0 Å². The minimum absolute atomic E-state index is 0.0944. The summed E-state index contributed by atoms with van der Waals surface area (Å²) in [7, 11) is 0. The number of rotatable bonds is 4. The summed E-state index contributed by atoms with van der Waals surface area (Å²) in [4.78, 5) is 20.6. The van der Waals surface area contributed by atoms with Crippen molar-refractivity contribution in [1.29, 1.82) is 0 Å². The van der Waals surface area contributed by atoms with E-state index >= 15 is 0 Å². The number of anilines is 1. The molecule has 0 radical (unpaired) electrons. The van der Waals surface area contributed by atoms with Crippen molar-refractivity contribution in [3.63, 3.8) is 0 Å². The molecule has 0 spiro atoms. The van der Waals surface area contributed by atoms with E-state index in [0.717, 1.165) is 36.7 Å². The Morgan fingerprint density at radius 1 is 1.29 bits per heavy atom. The molecule has 0 saturated carbocycles. The first-order valence-electron chi connectivity index (χ1n) is 9.32. The fraction of sp³-hybridized carbons (Fsp3) is 0.333. The van der Waals surface area contributed by atoms with Crippen molar-refractivity contribution in [1.82, 2.24) is 10.3 Å². The standard InChI is InChI=1S/C21H21F2N3OS/c1-13-7-18-19(28-13)4-5-24-20(18)26-6-2-3-15(12-26)21(27)25-11-14-8-16(22)10-17(23)9-14/h4-5,7-10,15H,2-3,6,11-12H2,1H3,(H,25,27). The Bertz CT molecular complexity index is 1000. The van der Waals surface area contributed by atoms with E-state index in [1.807, 2.05) is 12.3 Å². The lowest BCUT2D eigenvalue weighted by molar-refractivity contribution is -0.125. The fourth-order valence-corrected chi connectivity index (χ4v) is 4.67. The highest BCUT2D eigenvalue weighted by Crippen LogP contribution is 2.33. The average molecular weight is 401 g/mol. The van der Waals surface area contributed by atoms with Gasteiger partial charge in [0.05, 0.1) is 5.92 Å². The smallest absolute Gasteiger partial charge is 0.225 e. The van der Waals surface area contributed by atoms with E-state index in [-0.39, 0.29) is 18.4 Å². The zero-order valence-corrected chi connectivity index (χ0v) is 16.4. The van der Waals surface area contributed by atoms with Crippen LogP contribution in [0, 0.1) is 24.5 Å². The third kappa shape index (κ3) is 3.99. The zero-order chi connectivity index (χ0) is 19.7. The molecule has 1 saturated heterocycles. The van der Waals surface area contributed by atoms with Crippen LogP contribution in [0.5, 0.6) is 0 Å². The van der Waals surface area contributed by atoms with E-state index in [1.54, 1.807) is 11.3 Å². The number of carbonyl (C=O) groups is 1. The first-order chi connectivity index (χ1) is 13.5. The quantitative estimate of drug-likeness (QED) is 0.704. The molecule has 7 heteroatoms. The van der Waals surface area contributed by atoms with Crippen LogP contribution in [-0.4, -0.2) is 24.0 Å². The van der Waals surface area contributed by atoms with Gasteiger partial charge in [-0.05, 0) is 49.6 Å². The van der Waals surface area contributed by atoms with E-state index in [2.05, 4.69) is 28.2 Å². The first-order valence-corrected chi connectivity index (χ1v) is 10.1. The number of aromatic nitrogens is 1. The van der Waals surface area contributed by atoms with Crippen molar-refractivity contribution in [2.24, 2.45) is 5.92 Å². The number of thiophene rings is 1. The second-order valence-electron chi connectivity index (χ2n) is 7.18. The van der Waals surface area contributed by atoms with Gasteiger partial charge in [-0.15, -0.1) is 11.3 Å². The van der Waals surface area contributed by atoms with Crippen LogP contribution in [-0.2, 0) is 11.3 Å². The molecule has 1 aliphatic heterocycles. The number of amides is 1. The molecule has 4 rings (SSSR count). The maximum absolute atomic E-state index is 13.3. The summed E-state index contributed by atoms with van der Waals surface area (Å²) in [6.45, 7) is 3.64. The third-order valence-electron chi connectivity index (χ3n) is 5.03. The average Bonchev–Trinajstić information content (AvgIpc) is 3.05. The first kappa shape index (κ1) is 18.8. The monoisotopic (exact) mass is 401 g/mol. The predicted molar refractivity (Wildman–Crippen MR) is 107 cm³/mol. The van der Waals surface area contributed by atoms with Gasteiger partial charge in [-0.1, -0.05) is 0 Å². The van der Waals surface area contributed by atoms with Crippen molar-refractivity contribution in [2.45, 2.75) is 26.3 Å². The number of aryl methyl sites for hydroxylation is 1. The van der Waals surface area contributed by atoms with Gasteiger partial charge in [0.25, 0.3) is 0 Å². The number of fused-ring (bicyclic) bond motifs is 1. The normalized spacial score (nSPS) is 17.1. The molecule has 146 valence electrons. The van der Waals surface area contributed by atoms with Crippen molar-refractivity contribution in [2.75, 3.05) is 18.0 Å². The van der Waals surface area contributed by atoms with Crippen LogP contribution < -0.4 is 10.2 Å². The number of hydrogen-bond acceptors (Lipinski definition) is 4. The Morgan fingerprint density at radius 2 is 2.07 bits per heavy atom. The summed E-state index contributed by atoms with van der Waals surface area (Å²) in [5.74, 6) is -0.629. The summed E-state index contributed by atoms with van der Waals surface area (Å²) in [5.41, 5.74) is 0.415. The topological polar surface area (TPSA) is 45.2 Å². The van der Waals surface area contributed by atoms with Crippen molar-refractivity contribution in [3.05, 3.63) is 58.6 Å². The number of nitrogens with one attached hydrogen (secondary N) is 1. The largest absolute Gasteiger partial charge is 0.355 e. The molecule has 1 amide bonds. The highest BCUT2D eigenvalue weighted by atomic mass is 32.1. The molecule has 4 nitrogen and oxygen atoms in total. The number of piperidine rings is 1. The Hall–Kier alpha value is -2.54. The van der Waals surface area contributed by atoms with Gasteiger partial charge in [-0.25, -0.2) is 13.8 Å². The lowest BCUT2D eigenvalue weighted by atomic mass is 9.96. The molecular weight excluding hydrogens is 380 g/mol. The van der Waals surface area contributed by atoms with Gasteiger partial charge in [0.2, 0.25) is 5.91 Å². The van der Waals surface area contributed by atoms with Crippen LogP contribution in [0.15, 0.2) is 36.5 Å². The van der Waals surface area contributed by atoms with Crippen LogP contribution in [0.2, 0.25) is 0 Å². The highest BCUT2D eigenvalue weighted by molar-refractivity contribution is 7.19. The molecule has 3 aromatic rings. The van der Waals surface area contributed by atoms with Gasteiger partial charge in [-0.2, -0.15) is 0 Å². The Kier molecular flexibility index (Phi) is 5.26. The van der Waals surface area contributed by atoms with E-state index in [1.165, 1.54) is 21.7 Å². The van der Waals surface area contributed by atoms with Crippen molar-refractivity contribution >= 4 is 33.1 Å². The molecular formula is C21H21F2N3OS. The lowest BCUT2D eigenvalue weighted by Gasteiger charge is -2.33. The second-order valence-corrected chi connectivity index (χ2v) is 8.47. The molecule has 2 aromatic heterocycles. The number of benzene rings is 1. The van der Waals surface area contributed by atoms with E-state index in [0.29, 0.717) is 12.1 Å². The zero-order valence-electron chi connectivity index (χ0n) is 15.5. The van der Waals surface area contributed by atoms with Crippen LogP contribution in [0.25, 0.3) is 10.1 Å². The second kappa shape index (κ2) is 7.83. The summed E-state index contributed by atoms with van der Waals surface area (Å²) >= 11 is 1.74. The van der Waals surface area contributed by atoms with E-state index in [4.69, 9.17) is 0 Å². The SMILES string of the molecule is Cc1cc2c(N3CCCC(C(=O)NCc4cc(F)cc(F)c4)C3)nccc2s1. The number of nitrogens with zero attached hydrogens (tertiary/aromatic N) is 2. The lowest BCUT2D eigenvalue weighted by Crippen LogP contribution is -2.43. The Labute approximate surface area is 166 Å². The van der Waals surface area contributed by atoms with E-state index in [9.17, 15) is 13.6 Å². The van der Waals surface area contributed by atoms with Crippen LogP contribution in [0.3, 0.4) is 0 Å². The Balaban J connectivity index is 1.45. The van der Waals surface area contributed by atoms with Crippen molar-refractivity contribution in [3.8, 4) is 0 Å². The molecule has 28 heavy (non-hydrogen) atoms. The van der Waals surface area contributed by atoms with Gasteiger partial charge >= 0.3 is 0 Å². The molecule has 1 atom stereocenters. The van der Waals surface area contributed by atoms with Gasteiger partial charge in [-0.3, -0.25) is 4.79 Å². The molecule has 1 unspecified atom stereocenters. The molecule has 1 aromatic carbocycles. The maximum atomic E-state index is 13.3. The summed E-state index contributed by atoms with van der Waals surface area (Å²) in [5, 5.41) is 3.95. The van der Waals surface area contributed by atoms with Crippen molar-refractivity contribution < 1.29 is 13.6 Å². The number of carbonyl (C=O) groups excluding carboxylic acids is 1. The summed E-state index contributed by atoms with van der Waals surface area (Å²) < 4.78 is 27.8. The van der Waals surface area contributed by atoms with Gasteiger partial charge < -0.3 is 10.2 Å². The molecule has 1 N–H and O–H groups in total. The van der Waals surface area contributed by atoms with Crippen LogP contribution >= 0.6 is 11.3 Å². The van der Waals surface area contributed by atoms with Crippen LogP contribution in [0.4, 0.5) is 14.6 Å². The maximum Gasteiger partial charge on any atom is 0.225 e. The minimum Gasteiger partial charge on any atom is -0.355 e. The third-order valence-corrected chi connectivity index (χ3v) is 6.04. The minimum atomic E-state index is -0.640. The number of hydrogen-bond donors (Lipinski definition) is 1. The molecule has 0 aliphatic carbocycles. The molecule has 1 fully saturated rings. The molecule has 0 bridgehead atoms. The Morgan fingerprint density at radius 3 is 2.86 bits per heavy atom. The molecule has 3 heterocycles. The molecule has 1 aliphatic rings. The number of pyridine rings is 1. The number of halogens is 2. The summed E-state index contributed by atoms with van der Waals surface area (Å²) in [6.07, 6.45) is 3.50. The van der Waals surface area contributed by atoms with Crippen LogP contribution in [0.1, 0.15) is 23.3 Å². The summed E-state index contributed by atoms with van der Waals surface area (Å²) in [6, 6.07) is 7.46. The van der Waals surface area contributed by atoms with Gasteiger partial charge in [0, 0.05) is 46.9 Å². The van der Waals surface area contributed by atoms with E-state index < -0.39 is 11.6 Å². The fourth-order valence-electron chi connectivity index (χ4n) is 3.76. The predicted octanol–water partition coefficient (Wildman–Crippen LogP) is 4.42. The van der Waals surface area contributed by atoms with Gasteiger partial charge in [0.1, 0.15) is 17.5 Å². The highest BCUT2D eigenvalue weighted by Gasteiger charge is 2.27.